The van der Waals surface area contributed by atoms with Crippen molar-refractivity contribution in [3.05, 3.63) is 28.8 Å². The van der Waals surface area contributed by atoms with E-state index in [9.17, 15) is 0 Å². The normalized spacial score (nSPS) is 11.5. The summed E-state index contributed by atoms with van der Waals surface area (Å²) in [6, 6.07) is 5.68. The summed E-state index contributed by atoms with van der Waals surface area (Å²) in [5.74, 6) is 5.76. The Balaban J connectivity index is 3.01. The van der Waals surface area contributed by atoms with Crippen LogP contribution < -0.4 is 10.6 Å². The second-order valence-corrected chi connectivity index (χ2v) is 4.45. The molecule has 0 bridgehead atoms. The minimum atomic E-state index is -0.162. The number of ether oxygens (including phenoxy) is 1. The van der Waals surface area contributed by atoms with E-state index in [0.717, 1.165) is 5.56 Å². The summed E-state index contributed by atoms with van der Waals surface area (Å²) in [4.78, 5) is 4.68. The molecule has 0 radical (unpaired) electrons. The lowest BCUT2D eigenvalue weighted by molar-refractivity contribution is 0.0964. The van der Waals surface area contributed by atoms with Crippen LogP contribution in [-0.2, 0) is 10.3 Å². The summed E-state index contributed by atoms with van der Waals surface area (Å²) in [7, 11) is 1.59. The molecular weight excluding hydrogens is 214 g/mol. The van der Waals surface area contributed by atoms with E-state index in [-0.39, 0.29) is 5.41 Å². The van der Waals surface area contributed by atoms with Gasteiger partial charge in [0.15, 0.2) is 0 Å². The number of hydrogen-bond acceptors (Lipinski definition) is 3. The van der Waals surface area contributed by atoms with E-state index >= 15 is 0 Å². The summed E-state index contributed by atoms with van der Waals surface area (Å²) < 4.78 is 5.08. The van der Waals surface area contributed by atoms with Gasteiger partial charge < -0.3 is 9.57 Å². The molecule has 0 saturated heterocycles. The first-order chi connectivity index (χ1) is 7.01. The Hall–Kier alpha value is -0.770. The molecule has 0 unspecified atom stereocenters. The highest BCUT2D eigenvalue weighted by molar-refractivity contribution is 6.32. The average Bonchev–Trinajstić information content (AvgIpc) is 2.17. The molecule has 3 nitrogen and oxygen atoms in total. The Labute approximate surface area is 95.1 Å². The second-order valence-electron chi connectivity index (χ2n) is 4.04. The molecule has 0 heterocycles. The Bertz CT molecular complexity index is 339. The van der Waals surface area contributed by atoms with Crippen molar-refractivity contribution in [2.45, 2.75) is 19.3 Å². The largest absolute Gasteiger partial charge is 0.495 e. The van der Waals surface area contributed by atoms with E-state index in [1.54, 1.807) is 7.11 Å². The van der Waals surface area contributed by atoms with Crippen LogP contribution >= 0.6 is 11.6 Å². The number of rotatable bonds is 4. The van der Waals surface area contributed by atoms with Crippen molar-refractivity contribution in [3.8, 4) is 5.75 Å². The number of nitrogens with two attached hydrogens (primary N) is 1. The molecule has 0 spiro atoms. The molecular formula is C11H16ClNO2. The fourth-order valence-corrected chi connectivity index (χ4v) is 1.64. The minimum absolute atomic E-state index is 0.162. The first kappa shape index (κ1) is 12.3. The summed E-state index contributed by atoms with van der Waals surface area (Å²) in [5, 5.41) is 0.597. The van der Waals surface area contributed by atoms with Crippen molar-refractivity contribution >= 4 is 11.6 Å². The Kier molecular flexibility index (Phi) is 3.97. The first-order valence-electron chi connectivity index (χ1n) is 4.67. The molecule has 0 amide bonds. The highest BCUT2D eigenvalue weighted by Crippen LogP contribution is 2.31. The zero-order valence-electron chi connectivity index (χ0n) is 9.21. The monoisotopic (exact) mass is 229 g/mol. The van der Waals surface area contributed by atoms with Crippen molar-refractivity contribution in [2.75, 3.05) is 13.7 Å². The third-order valence-electron chi connectivity index (χ3n) is 2.38. The van der Waals surface area contributed by atoms with Gasteiger partial charge in [0.05, 0.1) is 18.7 Å². The third kappa shape index (κ3) is 2.84. The number of halogens is 1. The van der Waals surface area contributed by atoms with Crippen molar-refractivity contribution < 1.29 is 9.57 Å². The van der Waals surface area contributed by atoms with E-state index < -0.39 is 0 Å². The zero-order chi connectivity index (χ0) is 11.5. The lowest BCUT2D eigenvalue weighted by Gasteiger charge is -2.24. The molecule has 0 atom stereocenters. The Morgan fingerprint density at radius 3 is 2.53 bits per heavy atom. The zero-order valence-corrected chi connectivity index (χ0v) is 9.97. The van der Waals surface area contributed by atoms with Crippen molar-refractivity contribution in [3.63, 3.8) is 0 Å². The number of hydrogen-bond donors (Lipinski definition) is 1. The van der Waals surface area contributed by atoms with E-state index in [0.29, 0.717) is 17.4 Å². The summed E-state index contributed by atoms with van der Waals surface area (Å²) in [5.41, 5.74) is 0.906. The lowest BCUT2D eigenvalue weighted by atomic mass is 9.85. The third-order valence-corrected chi connectivity index (χ3v) is 2.67. The molecule has 0 aliphatic rings. The molecule has 0 saturated carbocycles. The van der Waals surface area contributed by atoms with Gasteiger partial charge >= 0.3 is 0 Å². The molecule has 0 aromatic heterocycles. The smallest absolute Gasteiger partial charge is 0.137 e. The van der Waals surface area contributed by atoms with Gasteiger partial charge in [0.2, 0.25) is 0 Å². The quantitative estimate of drug-likeness (QED) is 0.807. The number of benzene rings is 1. The van der Waals surface area contributed by atoms with Crippen molar-refractivity contribution in [1.29, 1.82) is 0 Å². The lowest BCUT2D eigenvalue weighted by Crippen LogP contribution is -2.26. The van der Waals surface area contributed by atoms with Gasteiger partial charge in [-0.15, -0.1) is 0 Å². The van der Waals surface area contributed by atoms with Gasteiger partial charge in [-0.3, -0.25) is 0 Å². The SMILES string of the molecule is COc1ccc(C(C)(C)CON)cc1Cl. The van der Waals surface area contributed by atoms with Crippen LogP contribution in [0.5, 0.6) is 5.75 Å². The van der Waals surface area contributed by atoms with Crippen LogP contribution in [0.4, 0.5) is 0 Å². The van der Waals surface area contributed by atoms with Crippen LogP contribution in [0, 0.1) is 0 Å². The average molecular weight is 230 g/mol. The first-order valence-corrected chi connectivity index (χ1v) is 5.05. The van der Waals surface area contributed by atoms with Gasteiger partial charge in [0.1, 0.15) is 5.75 Å². The van der Waals surface area contributed by atoms with Crippen LogP contribution in [0.2, 0.25) is 5.02 Å². The number of methoxy groups -OCH3 is 1. The Morgan fingerprint density at radius 1 is 1.40 bits per heavy atom. The standard InChI is InChI=1S/C11H16ClNO2/c1-11(2,7-15-13)8-4-5-10(14-3)9(12)6-8/h4-6H,7,13H2,1-3H3. The van der Waals surface area contributed by atoms with Crippen LogP contribution in [0.25, 0.3) is 0 Å². The predicted molar refractivity (Wildman–Crippen MR) is 61.2 cm³/mol. The van der Waals surface area contributed by atoms with Crippen LogP contribution in [0.3, 0.4) is 0 Å². The molecule has 0 aliphatic heterocycles. The van der Waals surface area contributed by atoms with E-state index in [2.05, 4.69) is 4.84 Å². The van der Waals surface area contributed by atoms with Crippen molar-refractivity contribution in [1.82, 2.24) is 0 Å². The van der Waals surface area contributed by atoms with Gasteiger partial charge in [0, 0.05) is 5.41 Å². The molecule has 84 valence electrons. The van der Waals surface area contributed by atoms with Gasteiger partial charge in [-0.05, 0) is 17.7 Å². The van der Waals surface area contributed by atoms with Crippen molar-refractivity contribution in [2.24, 2.45) is 5.90 Å². The molecule has 1 aromatic rings. The molecule has 15 heavy (non-hydrogen) atoms. The minimum Gasteiger partial charge on any atom is -0.495 e. The maximum atomic E-state index is 6.04. The van der Waals surface area contributed by atoms with E-state index in [1.165, 1.54) is 0 Å². The van der Waals surface area contributed by atoms with Gasteiger partial charge in [-0.1, -0.05) is 31.5 Å². The van der Waals surface area contributed by atoms with Crippen LogP contribution in [-0.4, -0.2) is 13.7 Å². The summed E-state index contributed by atoms with van der Waals surface area (Å²) in [6.07, 6.45) is 0. The topological polar surface area (TPSA) is 44.5 Å². The summed E-state index contributed by atoms with van der Waals surface area (Å²) >= 11 is 6.04. The molecule has 1 aromatic carbocycles. The van der Waals surface area contributed by atoms with Gasteiger partial charge in [-0.25, -0.2) is 5.90 Å². The predicted octanol–water partition coefficient (Wildman–Crippen LogP) is 2.52. The van der Waals surface area contributed by atoms with Gasteiger partial charge in [-0.2, -0.15) is 0 Å². The summed E-state index contributed by atoms with van der Waals surface area (Å²) in [6.45, 7) is 4.52. The molecule has 1 rings (SSSR count). The van der Waals surface area contributed by atoms with E-state index in [1.807, 2.05) is 32.0 Å². The fourth-order valence-electron chi connectivity index (χ4n) is 1.38. The van der Waals surface area contributed by atoms with Crippen LogP contribution in [0.15, 0.2) is 18.2 Å². The van der Waals surface area contributed by atoms with E-state index in [4.69, 9.17) is 22.2 Å². The molecule has 0 fully saturated rings. The molecule has 2 N–H and O–H groups in total. The van der Waals surface area contributed by atoms with Gasteiger partial charge in [0.25, 0.3) is 0 Å². The highest BCUT2D eigenvalue weighted by Gasteiger charge is 2.21. The molecule has 4 heteroatoms. The Morgan fingerprint density at radius 2 is 2.07 bits per heavy atom. The second kappa shape index (κ2) is 4.84. The highest BCUT2D eigenvalue weighted by atomic mass is 35.5. The molecule has 0 aliphatic carbocycles. The maximum absolute atomic E-state index is 6.04. The maximum Gasteiger partial charge on any atom is 0.137 e. The fraction of sp³-hybridized carbons (Fsp3) is 0.455. The van der Waals surface area contributed by atoms with Crippen LogP contribution in [0.1, 0.15) is 19.4 Å².